The van der Waals surface area contributed by atoms with Gasteiger partial charge in [-0.05, 0) is 12.1 Å². The molecule has 82 valence electrons. The highest BCUT2D eigenvalue weighted by atomic mass is 35.5. The van der Waals surface area contributed by atoms with Crippen LogP contribution < -0.4 is 0 Å². The van der Waals surface area contributed by atoms with E-state index >= 15 is 0 Å². The predicted octanol–water partition coefficient (Wildman–Crippen LogP) is 2.54. The number of carbonyl (C=O) groups is 1. The summed E-state index contributed by atoms with van der Waals surface area (Å²) in [5.74, 6) is -0.842. The molecule has 0 aliphatic carbocycles. The highest BCUT2D eigenvalue weighted by Gasteiger charge is 2.34. The number of hydrogen-bond donors (Lipinski definition) is 0. The minimum atomic E-state index is -4.58. The van der Waals surface area contributed by atoms with Crippen LogP contribution in [-0.4, -0.2) is 18.1 Å². The summed E-state index contributed by atoms with van der Waals surface area (Å²) < 4.78 is 40.9. The van der Waals surface area contributed by atoms with Crippen LogP contribution in [0.4, 0.5) is 13.2 Å². The number of alkyl halides is 3. The number of carbonyl (C=O) groups excluding carboxylic acids is 1. The Labute approximate surface area is 87.8 Å². The summed E-state index contributed by atoms with van der Waals surface area (Å²) in [6.45, 7) is 0. The van der Waals surface area contributed by atoms with Crippen LogP contribution >= 0.6 is 11.6 Å². The number of hydrogen-bond acceptors (Lipinski definition) is 3. The maximum Gasteiger partial charge on any atom is 0.419 e. The molecule has 1 aromatic rings. The highest BCUT2D eigenvalue weighted by Crippen LogP contribution is 2.33. The largest absolute Gasteiger partial charge is 0.464 e. The quantitative estimate of drug-likeness (QED) is 0.558. The summed E-state index contributed by atoms with van der Waals surface area (Å²) in [5, 5.41) is -0.773. The van der Waals surface area contributed by atoms with Gasteiger partial charge in [-0.15, -0.1) is 0 Å². The van der Waals surface area contributed by atoms with Crippen molar-refractivity contribution in [3.8, 4) is 0 Å². The topological polar surface area (TPSA) is 39.2 Å². The molecule has 0 bridgehead atoms. The smallest absolute Gasteiger partial charge is 0.419 e. The number of ether oxygens (including phenoxy) is 1. The molecule has 0 spiro atoms. The molecule has 1 rings (SSSR count). The third-order valence-corrected chi connectivity index (χ3v) is 1.84. The molecular formula is C8H5ClF3NO2. The normalized spacial score (nSPS) is 11.3. The number of aromatic nitrogens is 1. The van der Waals surface area contributed by atoms with Crippen molar-refractivity contribution in [3.05, 3.63) is 28.5 Å². The van der Waals surface area contributed by atoms with E-state index in [4.69, 9.17) is 11.6 Å². The van der Waals surface area contributed by atoms with Crippen LogP contribution in [0.5, 0.6) is 0 Å². The molecule has 0 atom stereocenters. The first-order valence-electron chi connectivity index (χ1n) is 3.68. The van der Waals surface area contributed by atoms with Gasteiger partial charge in [-0.25, -0.2) is 9.78 Å². The number of pyridine rings is 1. The first-order valence-corrected chi connectivity index (χ1v) is 4.06. The van der Waals surface area contributed by atoms with E-state index in [2.05, 4.69) is 9.72 Å². The third kappa shape index (κ3) is 2.59. The van der Waals surface area contributed by atoms with Crippen LogP contribution in [0.3, 0.4) is 0 Å². The lowest BCUT2D eigenvalue weighted by Crippen LogP contribution is -2.10. The first kappa shape index (κ1) is 11.8. The van der Waals surface area contributed by atoms with E-state index in [1.54, 1.807) is 0 Å². The number of methoxy groups -OCH3 is 1. The van der Waals surface area contributed by atoms with Crippen LogP contribution in [0.2, 0.25) is 5.15 Å². The van der Waals surface area contributed by atoms with Crippen molar-refractivity contribution >= 4 is 17.6 Å². The molecule has 0 unspecified atom stereocenters. The van der Waals surface area contributed by atoms with E-state index < -0.39 is 22.9 Å². The van der Waals surface area contributed by atoms with Crippen molar-refractivity contribution in [2.45, 2.75) is 6.18 Å². The third-order valence-electron chi connectivity index (χ3n) is 1.55. The van der Waals surface area contributed by atoms with Gasteiger partial charge in [0.05, 0.1) is 12.7 Å². The molecule has 0 fully saturated rings. The van der Waals surface area contributed by atoms with Gasteiger partial charge in [0, 0.05) is 0 Å². The van der Waals surface area contributed by atoms with E-state index in [0.717, 1.165) is 13.2 Å². The fourth-order valence-electron chi connectivity index (χ4n) is 0.864. The number of nitrogens with zero attached hydrogens (tertiary/aromatic N) is 1. The first-order chi connectivity index (χ1) is 6.86. The van der Waals surface area contributed by atoms with Crippen molar-refractivity contribution in [2.75, 3.05) is 7.11 Å². The van der Waals surface area contributed by atoms with Crippen LogP contribution in [-0.2, 0) is 10.9 Å². The van der Waals surface area contributed by atoms with Gasteiger partial charge in [-0.3, -0.25) is 0 Å². The zero-order valence-corrected chi connectivity index (χ0v) is 8.19. The van der Waals surface area contributed by atoms with E-state index in [1.807, 2.05) is 0 Å². The predicted molar refractivity (Wildman–Crippen MR) is 45.6 cm³/mol. The molecule has 0 amide bonds. The Hall–Kier alpha value is -1.30. The van der Waals surface area contributed by atoms with E-state index in [9.17, 15) is 18.0 Å². The molecule has 0 aromatic carbocycles. The standard InChI is InChI=1S/C8H5ClF3NO2/c1-15-7(14)5-3-2-4(6(9)13-5)8(10,11)12/h2-3H,1H3. The second kappa shape index (κ2) is 4.06. The lowest BCUT2D eigenvalue weighted by atomic mass is 10.2. The van der Waals surface area contributed by atoms with Crippen molar-refractivity contribution in [1.82, 2.24) is 4.98 Å². The Balaban J connectivity index is 3.15. The van der Waals surface area contributed by atoms with Crippen molar-refractivity contribution < 1.29 is 22.7 Å². The molecule has 0 radical (unpaired) electrons. The lowest BCUT2D eigenvalue weighted by molar-refractivity contribution is -0.137. The van der Waals surface area contributed by atoms with Crippen molar-refractivity contribution in [2.24, 2.45) is 0 Å². The molecule has 0 saturated heterocycles. The van der Waals surface area contributed by atoms with Crippen LogP contribution in [0.15, 0.2) is 12.1 Å². The number of rotatable bonds is 1. The Morgan fingerprint density at radius 3 is 2.47 bits per heavy atom. The average Bonchev–Trinajstić information content (AvgIpc) is 2.14. The summed E-state index contributed by atoms with van der Waals surface area (Å²) in [4.78, 5) is 14.2. The molecular weight excluding hydrogens is 235 g/mol. The fraction of sp³-hybridized carbons (Fsp3) is 0.250. The van der Waals surface area contributed by atoms with E-state index in [0.29, 0.717) is 6.07 Å². The van der Waals surface area contributed by atoms with E-state index in [1.165, 1.54) is 0 Å². The van der Waals surface area contributed by atoms with Gasteiger partial charge in [-0.1, -0.05) is 11.6 Å². The number of esters is 1. The number of halogens is 4. The second-order valence-corrected chi connectivity index (χ2v) is 2.88. The molecule has 0 aliphatic rings. The van der Waals surface area contributed by atoms with Crippen molar-refractivity contribution in [1.29, 1.82) is 0 Å². The Morgan fingerprint density at radius 2 is 2.07 bits per heavy atom. The van der Waals surface area contributed by atoms with Crippen LogP contribution in [0, 0.1) is 0 Å². The molecule has 1 heterocycles. The second-order valence-electron chi connectivity index (χ2n) is 2.52. The van der Waals surface area contributed by atoms with Gasteiger partial charge in [0.15, 0.2) is 0 Å². The fourth-order valence-corrected chi connectivity index (χ4v) is 1.13. The zero-order valence-electron chi connectivity index (χ0n) is 7.43. The highest BCUT2D eigenvalue weighted by molar-refractivity contribution is 6.30. The monoisotopic (exact) mass is 239 g/mol. The SMILES string of the molecule is COC(=O)c1ccc(C(F)(F)F)c(Cl)n1. The molecule has 3 nitrogen and oxygen atoms in total. The van der Waals surface area contributed by atoms with Crippen molar-refractivity contribution in [3.63, 3.8) is 0 Å². The summed E-state index contributed by atoms with van der Waals surface area (Å²) in [6.07, 6.45) is -4.58. The van der Waals surface area contributed by atoms with Gasteiger partial charge in [-0.2, -0.15) is 13.2 Å². The molecule has 1 aromatic heterocycles. The lowest BCUT2D eigenvalue weighted by Gasteiger charge is -2.08. The van der Waals surface area contributed by atoms with Gasteiger partial charge >= 0.3 is 12.1 Å². The molecule has 0 N–H and O–H groups in total. The van der Waals surface area contributed by atoms with E-state index in [-0.39, 0.29) is 5.69 Å². The maximum atomic E-state index is 12.2. The Bertz CT molecular complexity index is 392. The van der Waals surface area contributed by atoms with Gasteiger partial charge < -0.3 is 4.74 Å². The molecule has 0 aliphatic heterocycles. The van der Waals surface area contributed by atoms with Gasteiger partial charge in [0.1, 0.15) is 10.8 Å². The minimum Gasteiger partial charge on any atom is -0.464 e. The summed E-state index contributed by atoms with van der Waals surface area (Å²) in [6, 6.07) is 1.59. The van der Waals surface area contributed by atoms with Crippen LogP contribution in [0.1, 0.15) is 16.1 Å². The maximum absolute atomic E-state index is 12.2. The van der Waals surface area contributed by atoms with Gasteiger partial charge in [0.2, 0.25) is 0 Å². The minimum absolute atomic E-state index is 0.268. The summed E-state index contributed by atoms with van der Waals surface area (Å²) in [7, 11) is 1.09. The molecule has 15 heavy (non-hydrogen) atoms. The zero-order chi connectivity index (χ0) is 11.6. The Morgan fingerprint density at radius 1 is 1.47 bits per heavy atom. The molecule has 0 saturated carbocycles. The Kier molecular flexibility index (Phi) is 3.18. The summed E-state index contributed by atoms with van der Waals surface area (Å²) >= 11 is 5.28. The van der Waals surface area contributed by atoms with Crippen LogP contribution in [0.25, 0.3) is 0 Å². The van der Waals surface area contributed by atoms with Gasteiger partial charge in [0.25, 0.3) is 0 Å². The summed E-state index contributed by atoms with van der Waals surface area (Å²) in [5.41, 5.74) is -1.35. The molecule has 7 heteroatoms. The average molecular weight is 240 g/mol.